The first-order valence-electron chi connectivity index (χ1n) is 7.10. The lowest BCUT2D eigenvalue weighted by Gasteiger charge is -2.11. The van der Waals surface area contributed by atoms with E-state index in [-0.39, 0.29) is 6.04 Å². The Bertz CT molecular complexity index is 781. The SMILES string of the molecule is Cn1c(CC(N)c2ccccc2)nc2ccccc21.[O-][Cl+3]([O-])([O-])O. The Morgan fingerprint density at radius 2 is 1.62 bits per heavy atom. The van der Waals surface area contributed by atoms with Crippen LogP contribution in [0.1, 0.15) is 17.4 Å². The highest BCUT2D eigenvalue weighted by atomic mass is 35.7. The van der Waals surface area contributed by atoms with Crippen LogP contribution in [-0.4, -0.2) is 14.2 Å². The van der Waals surface area contributed by atoms with Gasteiger partial charge in [0.2, 0.25) is 0 Å². The van der Waals surface area contributed by atoms with E-state index >= 15 is 0 Å². The molecule has 0 amide bonds. The van der Waals surface area contributed by atoms with Crippen LogP contribution in [0.15, 0.2) is 54.6 Å². The highest BCUT2D eigenvalue weighted by Crippen LogP contribution is 2.19. The molecule has 3 N–H and O–H groups in total. The van der Waals surface area contributed by atoms with Gasteiger partial charge >= 0.3 is 0 Å². The fourth-order valence-electron chi connectivity index (χ4n) is 2.39. The molecular formula is C16H18ClN3O4. The van der Waals surface area contributed by atoms with Crippen molar-refractivity contribution in [1.82, 2.24) is 9.55 Å². The zero-order valence-electron chi connectivity index (χ0n) is 13.0. The maximum atomic E-state index is 8.60. The number of rotatable bonds is 3. The summed E-state index contributed by atoms with van der Waals surface area (Å²) in [6.45, 7) is 0. The number of hydrogen-bond acceptors (Lipinski definition) is 6. The van der Waals surface area contributed by atoms with E-state index in [0.29, 0.717) is 0 Å². The molecule has 24 heavy (non-hydrogen) atoms. The Labute approximate surface area is 141 Å². The number of nitrogens with two attached hydrogens (primary N) is 1. The molecule has 8 heteroatoms. The summed E-state index contributed by atoms with van der Waals surface area (Å²) < 4.78 is 34.8. The third-order valence-corrected chi connectivity index (χ3v) is 3.51. The molecule has 0 fully saturated rings. The van der Waals surface area contributed by atoms with Crippen LogP contribution in [-0.2, 0) is 13.5 Å². The molecule has 2 aromatic carbocycles. The second kappa shape index (κ2) is 7.71. The predicted octanol–water partition coefficient (Wildman–Crippen LogP) is -1.31. The summed E-state index contributed by atoms with van der Waals surface area (Å²) in [7, 11) is -2.65. The van der Waals surface area contributed by atoms with Gasteiger partial charge in [0.05, 0.1) is 25.9 Å². The van der Waals surface area contributed by atoms with E-state index in [1.807, 2.05) is 43.4 Å². The van der Waals surface area contributed by atoms with Crippen LogP contribution < -0.4 is 19.7 Å². The fourth-order valence-corrected chi connectivity index (χ4v) is 2.39. The van der Waals surface area contributed by atoms with Gasteiger partial charge in [0.1, 0.15) is 5.82 Å². The summed E-state index contributed by atoms with van der Waals surface area (Å²) in [6.07, 6.45) is 0.745. The first kappa shape index (κ1) is 18.3. The van der Waals surface area contributed by atoms with E-state index in [1.54, 1.807) is 0 Å². The molecule has 0 saturated heterocycles. The van der Waals surface area contributed by atoms with Crippen molar-refractivity contribution in [3.63, 3.8) is 0 Å². The summed E-state index contributed by atoms with van der Waals surface area (Å²) in [5, 5.41) is 0. The van der Waals surface area contributed by atoms with Crippen LogP contribution in [0.4, 0.5) is 0 Å². The molecule has 1 atom stereocenters. The van der Waals surface area contributed by atoms with Crippen molar-refractivity contribution in [2.45, 2.75) is 12.5 Å². The zero-order chi connectivity index (χ0) is 17.7. The second-order valence-corrected chi connectivity index (χ2v) is 5.99. The van der Waals surface area contributed by atoms with Crippen LogP contribution in [0.25, 0.3) is 11.0 Å². The number of aryl methyl sites for hydroxylation is 1. The van der Waals surface area contributed by atoms with Crippen molar-refractivity contribution in [2.24, 2.45) is 12.8 Å². The van der Waals surface area contributed by atoms with Gasteiger partial charge < -0.3 is 10.3 Å². The maximum absolute atomic E-state index is 8.60. The lowest BCUT2D eigenvalue weighted by Crippen LogP contribution is -2.58. The van der Waals surface area contributed by atoms with Crippen LogP contribution in [0, 0.1) is 10.2 Å². The van der Waals surface area contributed by atoms with Gasteiger partial charge in [0.15, 0.2) is 0 Å². The standard InChI is InChI=1S/C16H17N3.ClHO4/c1-19-15-10-6-5-9-14(15)18-16(19)11-13(17)12-7-3-2-4-8-12;2-1(3,4)5/h2-10,13H,11,17H2,1H3;(H,2,3,4,5). The number of para-hydroxylation sites is 2. The van der Waals surface area contributed by atoms with Gasteiger partial charge in [-0.25, -0.2) is 4.98 Å². The Kier molecular flexibility index (Phi) is 5.89. The number of hydrogen-bond donors (Lipinski definition) is 2. The Morgan fingerprint density at radius 3 is 2.21 bits per heavy atom. The summed E-state index contributed by atoms with van der Waals surface area (Å²) in [4.78, 5) is 4.66. The maximum Gasteiger partial charge on any atom is 0.111 e. The van der Waals surface area contributed by atoms with E-state index < -0.39 is 10.2 Å². The molecule has 0 spiro atoms. The van der Waals surface area contributed by atoms with E-state index in [1.165, 1.54) is 0 Å². The lowest BCUT2D eigenvalue weighted by molar-refractivity contribution is -1.92. The topological polar surface area (TPSA) is 133 Å². The van der Waals surface area contributed by atoms with E-state index in [9.17, 15) is 0 Å². The molecular weight excluding hydrogens is 334 g/mol. The molecule has 7 nitrogen and oxygen atoms in total. The van der Waals surface area contributed by atoms with Crippen molar-refractivity contribution in [1.29, 1.82) is 0 Å². The molecule has 0 aliphatic carbocycles. The van der Waals surface area contributed by atoms with Gasteiger partial charge in [-0.3, -0.25) is 0 Å². The quantitative estimate of drug-likeness (QED) is 0.602. The number of nitrogens with zero attached hydrogens (tertiary/aromatic N) is 2. The third kappa shape index (κ3) is 5.27. The Hall–Kier alpha value is -2.00. The van der Waals surface area contributed by atoms with E-state index in [4.69, 9.17) is 24.4 Å². The molecule has 0 radical (unpaired) electrons. The number of fused-ring (bicyclic) bond motifs is 1. The number of aromatic nitrogens is 2. The lowest BCUT2D eigenvalue weighted by atomic mass is 10.0. The summed E-state index contributed by atoms with van der Waals surface area (Å²) in [5.41, 5.74) is 9.59. The first-order chi connectivity index (χ1) is 11.3. The smallest absolute Gasteiger partial charge is 0.111 e. The van der Waals surface area contributed by atoms with Gasteiger partial charge in [-0.15, -0.1) is 0 Å². The molecule has 128 valence electrons. The monoisotopic (exact) mass is 351 g/mol. The average molecular weight is 352 g/mol. The fraction of sp³-hybridized carbons (Fsp3) is 0.188. The molecule has 3 rings (SSSR count). The van der Waals surface area contributed by atoms with Gasteiger partial charge in [-0.1, -0.05) is 42.5 Å². The number of benzene rings is 2. The molecule has 1 aromatic heterocycles. The normalized spacial score (nSPS) is 12.6. The van der Waals surface area contributed by atoms with Gasteiger partial charge in [0, 0.05) is 19.5 Å². The summed E-state index contributed by atoms with van der Waals surface area (Å²) in [6, 6.07) is 18.3. The van der Waals surface area contributed by atoms with E-state index in [0.717, 1.165) is 28.8 Å². The zero-order valence-corrected chi connectivity index (χ0v) is 13.8. The van der Waals surface area contributed by atoms with E-state index in [2.05, 4.69) is 27.8 Å². The minimum atomic E-state index is -4.69. The Morgan fingerprint density at radius 1 is 1.08 bits per heavy atom. The summed E-state index contributed by atoms with van der Waals surface area (Å²) >= 11 is 0. The number of halogens is 1. The molecule has 1 heterocycles. The number of imidazole rings is 1. The second-order valence-electron chi connectivity index (χ2n) is 5.19. The third-order valence-electron chi connectivity index (χ3n) is 3.51. The van der Waals surface area contributed by atoms with Gasteiger partial charge in [0.25, 0.3) is 0 Å². The van der Waals surface area contributed by atoms with Crippen LogP contribution in [0.2, 0.25) is 0 Å². The van der Waals surface area contributed by atoms with Crippen LogP contribution >= 0.6 is 0 Å². The highest BCUT2D eigenvalue weighted by Gasteiger charge is 2.12. The van der Waals surface area contributed by atoms with Crippen LogP contribution in [0.5, 0.6) is 0 Å². The molecule has 1 unspecified atom stereocenters. The predicted molar refractivity (Wildman–Crippen MR) is 80.0 cm³/mol. The Balaban J connectivity index is 0.000000368. The van der Waals surface area contributed by atoms with Crippen molar-refractivity contribution in [3.8, 4) is 0 Å². The molecule has 0 saturated carbocycles. The van der Waals surface area contributed by atoms with Crippen LogP contribution in [0.3, 0.4) is 0 Å². The van der Waals surface area contributed by atoms with Crippen molar-refractivity contribution < 1.29 is 28.9 Å². The van der Waals surface area contributed by atoms with Crippen molar-refractivity contribution in [2.75, 3.05) is 0 Å². The molecule has 3 aromatic rings. The highest BCUT2D eigenvalue weighted by molar-refractivity contribution is 5.75. The molecule has 0 aliphatic heterocycles. The average Bonchev–Trinajstić information content (AvgIpc) is 2.83. The van der Waals surface area contributed by atoms with Gasteiger partial charge in [-0.05, 0) is 17.7 Å². The largest absolute Gasteiger partial charge is 0.331 e. The minimum Gasteiger partial charge on any atom is -0.331 e. The van der Waals surface area contributed by atoms with Crippen molar-refractivity contribution in [3.05, 3.63) is 66.0 Å². The summed E-state index contributed by atoms with van der Waals surface area (Å²) in [5.74, 6) is 1.03. The van der Waals surface area contributed by atoms with Gasteiger partial charge in [-0.2, -0.15) is 14.0 Å². The molecule has 0 bridgehead atoms. The van der Waals surface area contributed by atoms with Crippen molar-refractivity contribution >= 4 is 11.0 Å². The molecule has 0 aliphatic rings. The minimum absolute atomic E-state index is 0.0169. The first-order valence-corrected chi connectivity index (χ1v) is 8.36.